The van der Waals surface area contributed by atoms with E-state index < -0.39 is 16.9 Å². The summed E-state index contributed by atoms with van der Waals surface area (Å²) in [6.07, 6.45) is 1.68. The van der Waals surface area contributed by atoms with Gasteiger partial charge in [0.05, 0.1) is 31.0 Å². The molecule has 0 bridgehead atoms. The van der Waals surface area contributed by atoms with Gasteiger partial charge in [-0.1, -0.05) is 12.1 Å². The molecule has 12 nitrogen and oxygen atoms in total. The third-order valence-electron chi connectivity index (χ3n) is 4.45. The van der Waals surface area contributed by atoms with Crippen LogP contribution >= 0.6 is 0 Å². The second-order valence-corrected chi connectivity index (χ2v) is 6.48. The molecule has 33 heavy (non-hydrogen) atoms. The maximum absolute atomic E-state index is 11.0. The zero-order chi connectivity index (χ0) is 24.5. The monoisotopic (exact) mass is 458 g/mol. The van der Waals surface area contributed by atoms with Crippen LogP contribution in [0.2, 0.25) is 0 Å². The molecule has 1 aromatic heterocycles. The standard InChI is InChI=1S/C19H20N4O4.C2H2O4/c1-22-17(13-5-4-6-15(9-13)23(24)25)12-21-19(22)20-11-14-10-16(26-2)7-8-18(14)27-3;3-1(4)2(5)6/h4-10,12H,11H2,1-3H3,(H,20,21);(H,3,4)(H,5,6). The molecule has 0 fully saturated rings. The molecule has 0 atom stereocenters. The van der Waals surface area contributed by atoms with Crippen LogP contribution in [0.15, 0.2) is 48.7 Å². The number of anilines is 1. The highest BCUT2D eigenvalue weighted by molar-refractivity contribution is 6.27. The normalized spacial score (nSPS) is 9.91. The van der Waals surface area contributed by atoms with Crippen molar-refractivity contribution in [3.05, 3.63) is 64.3 Å². The summed E-state index contributed by atoms with van der Waals surface area (Å²) in [7, 11) is 5.09. The highest BCUT2D eigenvalue weighted by Gasteiger charge is 2.13. The molecule has 2 aromatic carbocycles. The molecule has 0 saturated heterocycles. The molecule has 0 aliphatic rings. The van der Waals surface area contributed by atoms with Gasteiger partial charge in [0.2, 0.25) is 5.95 Å². The molecular weight excluding hydrogens is 436 g/mol. The van der Waals surface area contributed by atoms with Crippen molar-refractivity contribution in [2.24, 2.45) is 7.05 Å². The number of non-ortho nitro benzene ring substituents is 1. The van der Waals surface area contributed by atoms with Crippen molar-refractivity contribution < 1.29 is 34.2 Å². The lowest BCUT2D eigenvalue weighted by atomic mass is 10.1. The number of rotatable bonds is 7. The lowest BCUT2D eigenvalue weighted by Crippen LogP contribution is -2.09. The van der Waals surface area contributed by atoms with Crippen molar-refractivity contribution >= 4 is 23.6 Å². The minimum Gasteiger partial charge on any atom is -0.497 e. The van der Waals surface area contributed by atoms with Gasteiger partial charge in [0, 0.05) is 36.9 Å². The molecule has 3 N–H and O–H groups in total. The van der Waals surface area contributed by atoms with Crippen LogP contribution in [-0.4, -0.2) is 50.8 Å². The number of nitro groups is 1. The highest BCUT2D eigenvalue weighted by atomic mass is 16.6. The number of nitro benzene ring substituents is 1. The van der Waals surface area contributed by atoms with Crippen LogP contribution in [0, 0.1) is 10.1 Å². The van der Waals surface area contributed by atoms with Crippen LogP contribution in [0.4, 0.5) is 11.6 Å². The van der Waals surface area contributed by atoms with Gasteiger partial charge in [0.15, 0.2) is 0 Å². The molecule has 12 heteroatoms. The van der Waals surface area contributed by atoms with Crippen LogP contribution < -0.4 is 14.8 Å². The molecule has 1 heterocycles. The van der Waals surface area contributed by atoms with Gasteiger partial charge >= 0.3 is 11.9 Å². The first-order chi connectivity index (χ1) is 15.7. The number of nitrogens with zero attached hydrogens (tertiary/aromatic N) is 3. The predicted octanol–water partition coefficient (Wildman–Crippen LogP) is 2.78. The molecule has 0 spiro atoms. The van der Waals surface area contributed by atoms with E-state index in [2.05, 4.69) is 10.3 Å². The second-order valence-electron chi connectivity index (χ2n) is 6.48. The van der Waals surface area contributed by atoms with Crippen molar-refractivity contribution in [2.75, 3.05) is 19.5 Å². The Bertz CT molecular complexity index is 1150. The van der Waals surface area contributed by atoms with Gasteiger partial charge in [-0.3, -0.25) is 10.1 Å². The zero-order valence-electron chi connectivity index (χ0n) is 18.0. The summed E-state index contributed by atoms with van der Waals surface area (Å²) >= 11 is 0. The molecule has 0 unspecified atom stereocenters. The largest absolute Gasteiger partial charge is 0.497 e. The van der Waals surface area contributed by atoms with Gasteiger partial charge in [-0.25, -0.2) is 14.6 Å². The molecular formula is C21H22N4O8. The Morgan fingerprint density at radius 2 is 1.82 bits per heavy atom. The topological polar surface area (TPSA) is 166 Å². The van der Waals surface area contributed by atoms with Gasteiger partial charge in [-0.15, -0.1) is 0 Å². The van der Waals surface area contributed by atoms with E-state index in [9.17, 15) is 10.1 Å². The van der Waals surface area contributed by atoms with Crippen LogP contribution in [-0.2, 0) is 23.2 Å². The summed E-state index contributed by atoms with van der Waals surface area (Å²) in [6.45, 7) is 0.486. The fourth-order valence-electron chi connectivity index (χ4n) is 2.82. The summed E-state index contributed by atoms with van der Waals surface area (Å²) in [5.74, 6) is -1.52. The van der Waals surface area contributed by atoms with Crippen LogP contribution in [0.25, 0.3) is 11.3 Å². The lowest BCUT2D eigenvalue weighted by molar-refractivity contribution is -0.384. The van der Waals surface area contributed by atoms with Gasteiger partial charge < -0.3 is 29.6 Å². The Kier molecular flexibility index (Phi) is 8.32. The van der Waals surface area contributed by atoms with E-state index in [4.69, 9.17) is 29.3 Å². The summed E-state index contributed by atoms with van der Waals surface area (Å²) < 4.78 is 12.5. The second kappa shape index (κ2) is 11.1. The fraction of sp³-hybridized carbons (Fsp3) is 0.190. The van der Waals surface area contributed by atoms with Crippen LogP contribution in [0.3, 0.4) is 0 Å². The minimum atomic E-state index is -1.82. The molecule has 3 rings (SSSR count). The Morgan fingerprint density at radius 3 is 2.39 bits per heavy atom. The van der Waals surface area contributed by atoms with E-state index in [1.807, 2.05) is 35.9 Å². The van der Waals surface area contributed by atoms with Crippen LogP contribution in [0.5, 0.6) is 11.5 Å². The number of hydrogen-bond donors (Lipinski definition) is 3. The van der Waals surface area contributed by atoms with Crippen molar-refractivity contribution in [1.82, 2.24) is 9.55 Å². The summed E-state index contributed by atoms with van der Waals surface area (Å²) in [5.41, 5.74) is 2.48. The number of aromatic nitrogens is 2. The third-order valence-corrected chi connectivity index (χ3v) is 4.45. The van der Waals surface area contributed by atoms with Gasteiger partial charge in [-0.2, -0.15) is 0 Å². The van der Waals surface area contributed by atoms with E-state index in [1.54, 1.807) is 26.5 Å². The zero-order valence-corrected chi connectivity index (χ0v) is 18.0. The molecule has 0 radical (unpaired) electrons. The summed E-state index contributed by atoms with van der Waals surface area (Å²) in [5, 5.41) is 29.0. The first-order valence-corrected chi connectivity index (χ1v) is 9.35. The maximum Gasteiger partial charge on any atom is 0.414 e. The third kappa shape index (κ3) is 6.43. The smallest absolute Gasteiger partial charge is 0.414 e. The molecule has 3 aromatic rings. The number of hydrogen-bond acceptors (Lipinski definition) is 8. The average molecular weight is 458 g/mol. The average Bonchev–Trinajstić information content (AvgIpc) is 3.18. The Labute approximate surface area is 188 Å². The van der Waals surface area contributed by atoms with Crippen molar-refractivity contribution in [2.45, 2.75) is 6.54 Å². The number of benzene rings is 2. The van der Waals surface area contributed by atoms with Gasteiger partial charge in [0.1, 0.15) is 11.5 Å². The van der Waals surface area contributed by atoms with Gasteiger partial charge in [0.25, 0.3) is 5.69 Å². The quantitative estimate of drug-likeness (QED) is 0.272. The molecule has 174 valence electrons. The number of methoxy groups -OCH3 is 2. The number of carbonyl (C=O) groups is 2. The SMILES string of the molecule is COc1ccc(OC)c(CNc2ncc(-c3cccc([N+](=O)[O-])c3)n2C)c1.O=C(O)C(=O)O. The van der Waals surface area contributed by atoms with Crippen molar-refractivity contribution in [3.8, 4) is 22.8 Å². The van der Waals surface area contributed by atoms with Crippen molar-refractivity contribution in [1.29, 1.82) is 0 Å². The van der Waals surface area contributed by atoms with Crippen molar-refractivity contribution in [3.63, 3.8) is 0 Å². The fourth-order valence-corrected chi connectivity index (χ4v) is 2.82. The number of carboxylic acid groups (broad SMARTS) is 2. The molecule has 0 aliphatic heterocycles. The summed E-state index contributed by atoms with van der Waals surface area (Å²) in [4.78, 5) is 33.2. The van der Waals surface area contributed by atoms with E-state index in [-0.39, 0.29) is 5.69 Å². The highest BCUT2D eigenvalue weighted by Crippen LogP contribution is 2.27. The van der Waals surface area contributed by atoms with E-state index in [0.717, 1.165) is 28.3 Å². The Balaban J connectivity index is 0.000000569. The van der Waals surface area contributed by atoms with E-state index in [0.29, 0.717) is 12.5 Å². The van der Waals surface area contributed by atoms with E-state index in [1.165, 1.54) is 12.1 Å². The van der Waals surface area contributed by atoms with Crippen LogP contribution in [0.1, 0.15) is 5.56 Å². The summed E-state index contributed by atoms with van der Waals surface area (Å²) in [6, 6.07) is 12.1. The molecule has 0 amide bonds. The number of nitrogens with one attached hydrogen (secondary N) is 1. The number of ether oxygens (including phenoxy) is 2. The predicted molar refractivity (Wildman–Crippen MR) is 117 cm³/mol. The minimum absolute atomic E-state index is 0.0457. The Hall–Kier alpha value is -4.61. The number of carboxylic acids is 2. The van der Waals surface area contributed by atoms with E-state index >= 15 is 0 Å². The first-order valence-electron chi connectivity index (χ1n) is 9.35. The Morgan fingerprint density at radius 1 is 1.12 bits per heavy atom. The maximum atomic E-state index is 11.0. The number of aliphatic carboxylic acids is 2. The molecule has 0 aliphatic carbocycles. The lowest BCUT2D eigenvalue weighted by Gasteiger charge is -2.12. The van der Waals surface area contributed by atoms with Gasteiger partial charge in [-0.05, 0) is 18.2 Å². The molecule has 0 saturated carbocycles. The number of imidazole rings is 1. The first kappa shape index (κ1) is 24.7.